The molecule has 146 valence electrons. The van der Waals surface area contributed by atoms with Crippen molar-refractivity contribution in [3.8, 4) is 0 Å². The molecule has 0 amide bonds. The van der Waals surface area contributed by atoms with Crippen LogP contribution < -0.4 is 0 Å². The molecular weight excluding hydrogens is 382 g/mol. The predicted molar refractivity (Wildman–Crippen MR) is 104 cm³/mol. The van der Waals surface area contributed by atoms with Crippen LogP contribution in [0, 0.1) is 11.6 Å². The molecule has 28 heavy (non-hydrogen) atoms. The quantitative estimate of drug-likeness (QED) is 0.669. The zero-order chi connectivity index (χ0) is 19.7. The Balaban J connectivity index is 1.48. The lowest BCUT2D eigenvalue weighted by atomic mass is 10.0. The molecule has 1 saturated heterocycles. The summed E-state index contributed by atoms with van der Waals surface area (Å²) in [6, 6.07) is 16.8. The third-order valence-corrected chi connectivity index (χ3v) is 7.03. The van der Waals surface area contributed by atoms with Crippen LogP contribution in [0.4, 0.5) is 8.78 Å². The fourth-order valence-corrected chi connectivity index (χ4v) is 5.11. The highest BCUT2D eigenvalue weighted by molar-refractivity contribution is 7.89. The first kappa shape index (κ1) is 19.0. The first-order valence-corrected chi connectivity index (χ1v) is 10.5. The Morgan fingerprint density at radius 2 is 1.57 bits per heavy atom. The van der Waals surface area contributed by atoms with Crippen LogP contribution in [0.15, 0.2) is 65.6 Å². The molecule has 0 unspecified atom stereocenters. The Kier molecular flexibility index (Phi) is 5.14. The molecule has 1 heterocycles. The monoisotopic (exact) mass is 402 g/mol. The minimum atomic E-state index is -4.05. The fraction of sp³-hybridized carbons (Fsp3) is 0.238. The van der Waals surface area contributed by atoms with E-state index >= 15 is 0 Å². The summed E-state index contributed by atoms with van der Waals surface area (Å²) in [5, 5.41) is 2.35. The smallest absolute Gasteiger partial charge is 0.246 e. The number of fused-ring (bicyclic) bond motifs is 1. The minimum Gasteiger partial charge on any atom is -0.296 e. The maximum Gasteiger partial charge on any atom is 0.246 e. The minimum absolute atomic E-state index is 0.239. The number of rotatable bonds is 4. The number of hydrogen-bond acceptors (Lipinski definition) is 3. The second kappa shape index (κ2) is 7.58. The Hall–Kier alpha value is -2.35. The van der Waals surface area contributed by atoms with Gasteiger partial charge in [0, 0.05) is 32.7 Å². The van der Waals surface area contributed by atoms with E-state index in [-0.39, 0.29) is 13.1 Å². The summed E-state index contributed by atoms with van der Waals surface area (Å²) in [5.41, 5.74) is 1.19. The van der Waals surface area contributed by atoms with Crippen molar-refractivity contribution in [1.82, 2.24) is 9.21 Å². The zero-order valence-corrected chi connectivity index (χ0v) is 16.0. The molecule has 0 aliphatic carbocycles. The van der Waals surface area contributed by atoms with Gasteiger partial charge in [0.05, 0.1) is 0 Å². The number of sulfonamides is 1. The van der Waals surface area contributed by atoms with E-state index in [1.54, 1.807) is 0 Å². The maximum atomic E-state index is 13.9. The van der Waals surface area contributed by atoms with Gasteiger partial charge in [0.2, 0.25) is 10.0 Å². The van der Waals surface area contributed by atoms with E-state index in [1.165, 1.54) is 20.6 Å². The van der Waals surface area contributed by atoms with Crippen molar-refractivity contribution in [2.24, 2.45) is 0 Å². The summed E-state index contributed by atoms with van der Waals surface area (Å²) in [4.78, 5) is 1.57. The molecule has 0 N–H and O–H groups in total. The van der Waals surface area contributed by atoms with Gasteiger partial charge in [-0.25, -0.2) is 17.2 Å². The average molecular weight is 402 g/mol. The highest BCUT2D eigenvalue weighted by atomic mass is 32.2. The second-order valence-electron chi connectivity index (χ2n) is 6.89. The van der Waals surface area contributed by atoms with E-state index in [0.717, 1.165) is 18.2 Å². The standard InChI is InChI=1S/C21H20F2N2O2S/c22-18-8-9-20(23)21(14-18)28(26,27)25-12-10-24(11-13-25)15-17-6-3-5-16-4-1-2-7-19(16)17/h1-9,14H,10-13,15H2. The van der Waals surface area contributed by atoms with Crippen molar-refractivity contribution in [2.75, 3.05) is 26.2 Å². The molecule has 0 bridgehead atoms. The maximum absolute atomic E-state index is 13.9. The van der Waals surface area contributed by atoms with Gasteiger partial charge in [-0.1, -0.05) is 42.5 Å². The van der Waals surface area contributed by atoms with Crippen LogP contribution in [0.3, 0.4) is 0 Å². The van der Waals surface area contributed by atoms with Gasteiger partial charge in [0.25, 0.3) is 0 Å². The van der Waals surface area contributed by atoms with Crippen molar-refractivity contribution in [3.63, 3.8) is 0 Å². The lowest BCUT2D eigenvalue weighted by Gasteiger charge is -2.34. The van der Waals surface area contributed by atoms with Crippen molar-refractivity contribution >= 4 is 20.8 Å². The van der Waals surface area contributed by atoms with Crippen molar-refractivity contribution in [1.29, 1.82) is 0 Å². The lowest BCUT2D eigenvalue weighted by molar-refractivity contribution is 0.182. The first-order valence-electron chi connectivity index (χ1n) is 9.09. The molecular formula is C21H20F2N2O2S. The average Bonchev–Trinajstić information content (AvgIpc) is 2.70. The number of halogens is 2. The number of benzene rings is 3. The third kappa shape index (κ3) is 3.65. The zero-order valence-electron chi connectivity index (χ0n) is 15.2. The summed E-state index contributed by atoms with van der Waals surface area (Å²) in [5.74, 6) is -1.70. The lowest BCUT2D eigenvalue weighted by Crippen LogP contribution is -2.48. The van der Waals surface area contributed by atoms with Crippen molar-refractivity contribution < 1.29 is 17.2 Å². The summed E-state index contributed by atoms with van der Waals surface area (Å²) in [6.45, 7) is 2.24. The summed E-state index contributed by atoms with van der Waals surface area (Å²) in [7, 11) is -4.05. The fourth-order valence-electron chi connectivity index (χ4n) is 3.61. The van der Waals surface area contributed by atoms with Gasteiger partial charge < -0.3 is 0 Å². The Labute approximate surface area is 163 Å². The van der Waals surface area contributed by atoms with Crippen molar-refractivity contribution in [3.05, 3.63) is 77.9 Å². The van der Waals surface area contributed by atoms with Gasteiger partial charge in [-0.05, 0) is 34.5 Å². The van der Waals surface area contributed by atoms with E-state index in [1.807, 2.05) is 18.2 Å². The Morgan fingerprint density at radius 3 is 2.36 bits per heavy atom. The van der Waals surface area contributed by atoms with Gasteiger partial charge in [-0.15, -0.1) is 0 Å². The van der Waals surface area contributed by atoms with Crippen LogP contribution in [0.25, 0.3) is 10.8 Å². The van der Waals surface area contributed by atoms with Gasteiger partial charge >= 0.3 is 0 Å². The largest absolute Gasteiger partial charge is 0.296 e. The summed E-state index contributed by atoms with van der Waals surface area (Å²) < 4.78 is 54.0. The van der Waals surface area contributed by atoms with E-state index in [9.17, 15) is 17.2 Å². The van der Waals surface area contributed by atoms with E-state index in [0.29, 0.717) is 19.6 Å². The third-order valence-electron chi connectivity index (χ3n) is 5.12. The first-order chi connectivity index (χ1) is 13.4. The molecule has 0 saturated carbocycles. The van der Waals surface area contributed by atoms with Crippen molar-refractivity contribution in [2.45, 2.75) is 11.4 Å². The molecule has 1 aliphatic rings. The van der Waals surface area contributed by atoms with Crippen LogP contribution in [-0.2, 0) is 16.6 Å². The van der Waals surface area contributed by atoms with Gasteiger partial charge in [0.1, 0.15) is 16.5 Å². The predicted octanol–water partition coefficient (Wildman–Crippen LogP) is 3.62. The van der Waals surface area contributed by atoms with Crippen LogP contribution in [-0.4, -0.2) is 43.8 Å². The molecule has 4 nitrogen and oxygen atoms in total. The Morgan fingerprint density at radius 1 is 0.857 bits per heavy atom. The SMILES string of the molecule is O=S(=O)(c1cc(F)ccc1F)N1CCN(Cc2cccc3ccccc23)CC1. The van der Waals surface area contributed by atoms with Crippen LogP contribution in [0.5, 0.6) is 0 Å². The summed E-state index contributed by atoms with van der Waals surface area (Å²) in [6.07, 6.45) is 0. The van der Waals surface area contributed by atoms with E-state index in [4.69, 9.17) is 0 Å². The molecule has 0 atom stereocenters. The number of hydrogen-bond donors (Lipinski definition) is 0. The molecule has 3 aromatic rings. The second-order valence-corrected chi connectivity index (χ2v) is 8.80. The summed E-state index contributed by atoms with van der Waals surface area (Å²) >= 11 is 0. The van der Waals surface area contributed by atoms with Crippen LogP contribution in [0.2, 0.25) is 0 Å². The van der Waals surface area contributed by atoms with Gasteiger partial charge in [-0.3, -0.25) is 4.90 Å². The normalized spacial score (nSPS) is 16.5. The van der Waals surface area contributed by atoms with Crippen LogP contribution >= 0.6 is 0 Å². The van der Waals surface area contributed by atoms with Gasteiger partial charge in [0.15, 0.2) is 0 Å². The highest BCUT2D eigenvalue weighted by Crippen LogP contribution is 2.24. The van der Waals surface area contributed by atoms with E-state index in [2.05, 4.69) is 29.2 Å². The van der Waals surface area contributed by atoms with Crippen LogP contribution in [0.1, 0.15) is 5.56 Å². The number of nitrogens with zero attached hydrogens (tertiary/aromatic N) is 2. The molecule has 0 aromatic heterocycles. The Bertz CT molecular complexity index is 1110. The molecule has 0 radical (unpaired) electrons. The highest BCUT2D eigenvalue weighted by Gasteiger charge is 2.31. The van der Waals surface area contributed by atoms with E-state index < -0.39 is 26.6 Å². The number of piperazine rings is 1. The topological polar surface area (TPSA) is 40.6 Å². The molecule has 7 heteroatoms. The molecule has 4 rings (SSSR count). The van der Waals surface area contributed by atoms with Gasteiger partial charge in [-0.2, -0.15) is 4.31 Å². The molecule has 1 fully saturated rings. The molecule has 1 aliphatic heterocycles. The molecule has 0 spiro atoms. The molecule has 3 aromatic carbocycles.